The van der Waals surface area contributed by atoms with Gasteiger partial charge in [0.2, 0.25) is 5.91 Å². The van der Waals surface area contributed by atoms with Crippen molar-refractivity contribution in [2.45, 2.75) is 25.7 Å². The van der Waals surface area contributed by atoms with E-state index in [1.165, 1.54) is 0 Å². The molecule has 5 nitrogen and oxygen atoms in total. The van der Waals surface area contributed by atoms with Crippen LogP contribution in [0.3, 0.4) is 0 Å². The Balaban J connectivity index is 1.46. The summed E-state index contributed by atoms with van der Waals surface area (Å²) >= 11 is 0. The summed E-state index contributed by atoms with van der Waals surface area (Å²) < 4.78 is 0. The van der Waals surface area contributed by atoms with Gasteiger partial charge in [0.1, 0.15) is 5.82 Å². The summed E-state index contributed by atoms with van der Waals surface area (Å²) in [5.41, 5.74) is 3.23. The molecule has 2 N–H and O–H groups in total. The highest BCUT2D eigenvalue weighted by Crippen LogP contribution is 2.26. The molecule has 0 saturated carbocycles. The van der Waals surface area contributed by atoms with E-state index < -0.39 is 0 Å². The number of carbonyl (C=O) groups is 1. The Morgan fingerprint density at radius 1 is 1.39 bits per heavy atom. The van der Waals surface area contributed by atoms with Gasteiger partial charge in [-0.2, -0.15) is 0 Å². The Hall–Kier alpha value is -2.56. The van der Waals surface area contributed by atoms with E-state index in [2.05, 4.69) is 21.0 Å². The Bertz CT molecular complexity index is 847. The number of aryl methyl sites for hydroxylation is 1. The van der Waals surface area contributed by atoms with Gasteiger partial charge in [-0.3, -0.25) is 4.79 Å². The highest BCUT2D eigenvalue weighted by molar-refractivity contribution is 5.89. The predicted octanol–water partition coefficient (Wildman–Crippen LogP) is 2.76. The monoisotopic (exact) mass is 308 g/mol. The number of imidazole rings is 1. The summed E-state index contributed by atoms with van der Waals surface area (Å²) in [5.74, 6) is 1.53. The van der Waals surface area contributed by atoms with Crippen LogP contribution >= 0.6 is 0 Å². The topological polar surface area (TPSA) is 64.8 Å². The summed E-state index contributed by atoms with van der Waals surface area (Å²) in [6, 6.07) is 8.11. The van der Waals surface area contributed by atoms with E-state index in [-0.39, 0.29) is 5.91 Å². The Morgan fingerprint density at radius 3 is 3.09 bits per heavy atom. The van der Waals surface area contributed by atoms with Gasteiger partial charge in [0.25, 0.3) is 0 Å². The molecule has 0 bridgehead atoms. The lowest BCUT2D eigenvalue weighted by Crippen LogP contribution is -2.29. The van der Waals surface area contributed by atoms with Gasteiger partial charge in [0.05, 0.1) is 6.42 Å². The highest BCUT2D eigenvalue weighted by Gasteiger charge is 2.29. The van der Waals surface area contributed by atoms with Crippen molar-refractivity contribution in [3.8, 4) is 0 Å². The number of para-hydroxylation sites is 1. The van der Waals surface area contributed by atoms with Gasteiger partial charge in [0, 0.05) is 48.0 Å². The molecule has 1 atom stereocenters. The van der Waals surface area contributed by atoms with Crippen molar-refractivity contribution in [2.75, 3.05) is 13.1 Å². The molecule has 1 amide bonds. The molecule has 1 aliphatic heterocycles. The van der Waals surface area contributed by atoms with Crippen LogP contribution in [-0.2, 0) is 11.2 Å². The maximum atomic E-state index is 12.6. The van der Waals surface area contributed by atoms with Crippen molar-refractivity contribution in [3.05, 3.63) is 53.7 Å². The molecular formula is C18H20N4O. The van der Waals surface area contributed by atoms with Crippen LogP contribution in [0.2, 0.25) is 0 Å². The van der Waals surface area contributed by atoms with E-state index in [1.807, 2.05) is 42.4 Å². The first kappa shape index (κ1) is 14.1. The molecule has 0 spiro atoms. The fraction of sp³-hybridized carbons (Fsp3) is 0.333. The Labute approximate surface area is 134 Å². The molecule has 3 heterocycles. The number of hydrogen-bond acceptors (Lipinski definition) is 2. The molecule has 0 aliphatic carbocycles. The summed E-state index contributed by atoms with van der Waals surface area (Å²) in [4.78, 5) is 25.5. The maximum Gasteiger partial charge on any atom is 0.227 e. The lowest BCUT2D eigenvalue weighted by molar-refractivity contribution is -0.129. The summed E-state index contributed by atoms with van der Waals surface area (Å²) in [7, 11) is 0. The molecule has 3 aromatic rings. The van der Waals surface area contributed by atoms with Gasteiger partial charge < -0.3 is 14.9 Å². The third kappa shape index (κ3) is 2.63. The number of aromatic amines is 2. The molecule has 1 fully saturated rings. The standard InChI is InChI=1S/C18H20N4O/c1-12-9-20-18(21-12)13-6-7-22(11-13)17(23)8-14-10-19-16-5-3-2-4-15(14)16/h2-5,9-10,13,19H,6-8,11H2,1H3,(H,20,21). The number of likely N-dealkylation sites (tertiary alicyclic amines) is 1. The second kappa shape index (κ2) is 5.57. The number of nitrogens with one attached hydrogen (secondary N) is 2. The summed E-state index contributed by atoms with van der Waals surface area (Å²) in [6.45, 7) is 3.57. The quantitative estimate of drug-likeness (QED) is 0.781. The van der Waals surface area contributed by atoms with Crippen molar-refractivity contribution < 1.29 is 4.79 Å². The molecule has 1 unspecified atom stereocenters. The zero-order valence-electron chi connectivity index (χ0n) is 13.2. The number of aromatic nitrogens is 3. The van der Waals surface area contributed by atoms with Gasteiger partial charge in [0.15, 0.2) is 0 Å². The SMILES string of the molecule is Cc1cnc(C2CCN(C(=O)Cc3c[nH]c4ccccc34)C2)[nH]1. The Morgan fingerprint density at radius 2 is 2.26 bits per heavy atom. The summed E-state index contributed by atoms with van der Waals surface area (Å²) in [6.07, 6.45) is 5.23. The summed E-state index contributed by atoms with van der Waals surface area (Å²) in [5, 5.41) is 1.14. The predicted molar refractivity (Wildman–Crippen MR) is 89.3 cm³/mol. The first-order chi connectivity index (χ1) is 11.2. The van der Waals surface area contributed by atoms with Crippen LogP contribution in [0.5, 0.6) is 0 Å². The normalized spacial score (nSPS) is 18.0. The number of nitrogens with zero attached hydrogens (tertiary/aromatic N) is 2. The first-order valence-electron chi connectivity index (χ1n) is 8.05. The number of benzene rings is 1. The van der Waals surface area contributed by atoms with Crippen molar-refractivity contribution >= 4 is 16.8 Å². The van der Waals surface area contributed by atoms with Crippen molar-refractivity contribution in [2.24, 2.45) is 0 Å². The zero-order valence-corrected chi connectivity index (χ0v) is 13.2. The van der Waals surface area contributed by atoms with Gasteiger partial charge in [-0.15, -0.1) is 0 Å². The van der Waals surface area contributed by atoms with Crippen LogP contribution in [0, 0.1) is 6.92 Å². The number of amides is 1. The third-order valence-electron chi connectivity index (χ3n) is 4.67. The van der Waals surface area contributed by atoms with Crippen molar-refractivity contribution in [3.63, 3.8) is 0 Å². The van der Waals surface area contributed by atoms with E-state index in [0.717, 1.165) is 47.5 Å². The molecular weight excluding hydrogens is 288 g/mol. The smallest absolute Gasteiger partial charge is 0.227 e. The molecule has 4 rings (SSSR count). The molecule has 5 heteroatoms. The lowest BCUT2D eigenvalue weighted by Gasteiger charge is -2.16. The average Bonchev–Trinajstić information content (AvgIpc) is 3.27. The van der Waals surface area contributed by atoms with E-state index in [4.69, 9.17) is 0 Å². The van der Waals surface area contributed by atoms with Crippen LogP contribution in [-0.4, -0.2) is 38.8 Å². The van der Waals surface area contributed by atoms with E-state index >= 15 is 0 Å². The fourth-order valence-electron chi connectivity index (χ4n) is 3.40. The minimum absolute atomic E-state index is 0.195. The van der Waals surface area contributed by atoms with Gasteiger partial charge >= 0.3 is 0 Å². The largest absolute Gasteiger partial charge is 0.361 e. The van der Waals surface area contributed by atoms with Crippen molar-refractivity contribution in [1.82, 2.24) is 19.9 Å². The van der Waals surface area contributed by atoms with E-state index in [0.29, 0.717) is 12.3 Å². The number of H-pyrrole nitrogens is 2. The molecule has 23 heavy (non-hydrogen) atoms. The number of rotatable bonds is 3. The van der Waals surface area contributed by atoms with Crippen LogP contribution in [0.1, 0.15) is 29.4 Å². The molecule has 2 aromatic heterocycles. The average molecular weight is 308 g/mol. The Kier molecular flexibility index (Phi) is 3.41. The fourth-order valence-corrected chi connectivity index (χ4v) is 3.40. The molecule has 0 radical (unpaired) electrons. The van der Waals surface area contributed by atoms with Gasteiger partial charge in [-0.05, 0) is 25.0 Å². The van der Waals surface area contributed by atoms with Crippen LogP contribution in [0.25, 0.3) is 10.9 Å². The van der Waals surface area contributed by atoms with E-state index in [9.17, 15) is 4.79 Å². The van der Waals surface area contributed by atoms with Crippen molar-refractivity contribution in [1.29, 1.82) is 0 Å². The highest BCUT2D eigenvalue weighted by atomic mass is 16.2. The number of hydrogen-bond donors (Lipinski definition) is 2. The second-order valence-corrected chi connectivity index (χ2v) is 6.31. The first-order valence-corrected chi connectivity index (χ1v) is 8.05. The minimum Gasteiger partial charge on any atom is -0.361 e. The molecule has 118 valence electrons. The van der Waals surface area contributed by atoms with Gasteiger partial charge in [-0.25, -0.2) is 4.98 Å². The zero-order chi connectivity index (χ0) is 15.8. The van der Waals surface area contributed by atoms with Crippen LogP contribution < -0.4 is 0 Å². The second-order valence-electron chi connectivity index (χ2n) is 6.31. The van der Waals surface area contributed by atoms with Crippen LogP contribution in [0.4, 0.5) is 0 Å². The van der Waals surface area contributed by atoms with Crippen LogP contribution in [0.15, 0.2) is 36.7 Å². The molecule has 1 aromatic carbocycles. The van der Waals surface area contributed by atoms with Gasteiger partial charge in [-0.1, -0.05) is 18.2 Å². The maximum absolute atomic E-state index is 12.6. The molecule has 1 aliphatic rings. The minimum atomic E-state index is 0.195. The number of fused-ring (bicyclic) bond motifs is 1. The lowest BCUT2D eigenvalue weighted by atomic mass is 10.1. The third-order valence-corrected chi connectivity index (χ3v) is 4.67. The number of carbonyl (C=O) groups excluding carboxylic acids is 1. The van der Waals surface area contributed by atoms with E-state index in [1.54, 1.807) is 0 Å². The molecule has 1 saturated heterocycles.